The highest BCUT2D eigenvalue weighted by Crippen LogP contribution is 2.47. The molecule has 8 atom stereocenters. The molecule has 0 amide bonds. The normalized spacial score (nSPS) is 21.6. The molecule has 0 bridgehead atoms. The largest absolute Gasteiger partial charge is 0.472 e. The zero-order chi connectivity index (χ0) is 48.5. The molecule has 384 valence electrons. The maximum absolute atomic E-state index is 12.8. The maximum atomic E-state index is 12.8. The van der Waals surface area contributed by atoms with Gasteiger partial charge in [-0.05, 0) is 51.4 Å². The number of phosphoric acid groups is 1. The average Bonchev–Trinajstić information content (AvgIpc) is 3.30. The minimum atomic E-state index is -5.13. The van der Waals surface area contributed by atoms with Crippen molar-refractivity contribution in [1.29, 1.82) is 0 Å². The minimum Gasteiger partial charge on any atom is -0.462 e. The Kier molecular flexibility index (Phi) is 39.1. The molecule has 0 aromatic heterocycles. The van der Waals surface area contributed by atoms with Gasteiger partial charge in [0.1, 0.15) is 43.2 Å². The molecular formula is C52H93O13P. The van der Waals surface area contributed by atoms with Crippen molar-refractivity contribution in [2.45, 2.75) is 256 Å². The number of esters is 2. The van der Waals surface area contributed by atoms with Gasteiger partial charge in [-0.25, -0.2) is 4.57 Å². The van der Waals surface area contributed by atoms with Gasteiger partial charge in [0.15, 0.2) is 6.10 Å². The first-order valence-electron chi connectivity index (χ1n) is 25.9. The molecule has 13 nitrogen and oxygen atoms in total. The standard InChI is InChI=1S/C52H93O13P/c1-3-5-7-9-11-13-15-17-19-21-22-23-25-27-29-31-33-35-37-39-41-46(54)64-44(43-63-66(60,61)65-52-50(58)48(56)47(55)49(57)51(52)59)42-62-45(53)40-38-36-34-32-30-28-26-24-20-18-16-14-12-10-8-6-4-2/h12,14,18,20,26,28,32,34,44,47-52,55-59H,3-11,13,15-17,19,21-25,27,29-31,33,35-43H2,1-2H3,(H,60,61)/b14-12+,20-18+,28-26+,34-32+/t44-,47?,48-,49?,50?,51?,52?/m1/s1. The summed E-state index contributed by atoms with van der Waals surface area (Å²) in [7, 11) is -5.13. The molecule has 0 aromatic rings. The smallest absolute Gasteiger partial charge is 0.462 e. The van der Waals surface area contributed by atoms with Crippen molar-refractivity contribution in [3.8, 4) is 0 Å². The average molecular weight is 957 g/mol. The number of carbonyl (C=O) groups is 2. The summed E-state index contributed by atoms with van der Waals surface area (Å²) in [5.74, 6) is -1.16. The molecule has 0 aliphatic heterocycles. The van der Waals surface area contributed by atoms with Crippen molar-refractivity contribution in [3.63, 3.8) is 0 Å². The Labute approximate surface area is 399 Å². The number of carbonyl (C=O) groups excluding carboxylic acids is 2. The highest BCUT2D eigenvalue weighted by molar-refractivity contribution is 7.47. The van der Waals surface area contributed by atoms with E-state index >= 15 is 0 Å². The molecule has 0 radical (unpaired) electrons. The van der Waals surface area contributed by atoms with E-state index in [9.17, 15) is 44.6 Å². The van der Waals surface area contributed by atoms with Crippen molar-refractivity contribution in [2.75, 3.05) is 13.2 Å². The molecule has 6 N–H and O–H groups in total. The third-order valence-electron chi connectivity index (χ3n) is 11.9. The first-order chi connectivity index (χ1) is 31.9. The van der Waals surface area contributed by atoms with Crippen LogP contribution in [0.4, 0.5) is 0 Å². The van der Waals surface area contributed by atoms with E-state index in [-0.39, 0.29) is 12.8 Å². The molecule has 6 unspecified atom stereocenters. The Morgan fingerprint density at radius 1 is 0.470 bits per heavy atom. The highest BCUT2D eigenvalue weighted by atomic mass is 31.2. The number of aliphatic hydroxyl groups excluding tert-OH is 5. The lowest BCUT2D eigenvalue weighted by Crippen LogP contribution is -2.64. The van der Waals surface area contributed by atoms with Gasteiger partial charge in [-0.3, -0.25) is 18.6 Å². The number of phosphoric ester groups is 1. The van der Waals surface area contributed by atoms with Gasteiger partial charge in [0.25, 0.3) is 0 Å². The van der Waals surface area contributed by atoms with E-state index in [0.717, 1.165) is 51.4 Å². The minimum absolute atomic E-state index is 0.0876. The lowest BCUT2D eigenvalue weighted by atomic mass is 9.85. The Balaban J connectivity index is 2.42. The van der Waals surface area contributed by atoms with Crippen LogP contribution in [0.5, 0.6) is 0 Å². The molecule has 0 heterocycles. The van der Waals surface area contributed by atoms with E-state index in [4.69, 9.17) is 18.5 Å². The van der Waals surface area contributed by atoms with Crippen LogP contribution in [0.25, 0.3) is 0 Å². The third kappa shape index (κ3) is 33.3. The SMILES string of the molecule is CCCCC/C=C/C/C=C/C/C=C/C/C=C/CCCC(=O)OC[C@H](COP(=O)(O)OC1C(O)C(O)C(O)[C@@H](O)C1O)OC(=O)CCCCCCCCCCCCCCCCCCCCCC. The van der Waals surface area contributed by atoms with Crippen LogP contribution in [0, 0.1) is 0 Å². The monoisotopic (exact) mass is 957 g/mol. The van der Waals surface area contributed by atoms with E-state index in [1.807, 2.05) is 12.2 Å². The number of unbranched alkanes of at least 4 members (excludes halogenated alkanes) is 23. The van der Waals surface area contributed by atoms with Gasteiger partial charge in [0.05, 0.1) is 6.61 Å². The molecule has 1 rings (SSSR count). The fourth-order valence-electron chi connectivity index (χ4n) is 7.75. The van der Waals surface area contributed by atoms with Crippen molar-refractivity contribution in [1.82, 2.24) is 0 Å². The van der Waals surface area contributed by atoms with Crippen molar-refractivity contribution >= 4 is 19.8 Å². The van der Waals surface area contributed by atoms with Gasteiger partial charge < -0.3 is 39.9 Å². The van der Waals surface area contributed by atoms with Crippen LogP contribution in [-0.2, 0) is 32.7 Å². The number of hydrogen-bond acceptors (Lipinski definition) is 12. The van der Waals surface area contributed by atoms with Crippen molar-refractivity contribution in [3.05, 3.63) is 48.6 Å². The van der Waals surface area contributed by atoms with E-state index in [0.29, 0.717) is 19.3 Å². The second-order valence-corrected chi connectivity index (χ2v) is 19.4. The summed E-state index contributed by atoms with van der Waals surface area (Å²) < 4.78 is 33.6. The molecule has 1 aliphatic carbocycles. The summed E-state index contributed by atoms with van der Waals surface area (Å²) in [5.41, 5.74) is 0. The van der Waals surface area contributed by atoms with Crippen LogP contribution in [-0.4, -0.2) is 98.3 Å². The van der Waals surface area contributed by atoms with Gasteiger partial charge in [-0.15, -0.1) is 0 Å². The van der Waals surface area contributed by atoms with Gasteiger partial charge >= 0.3 is 19.8 Å². The number of aliphatic hydroxyl groups is 5. The Hall–Kier alpha value is -2.19. The Morgan fingerprint density at radius 3 is 1.29 bits per heavy atom. The van der Waals surface area contributed by atoms with Crippen LogP contribution in [0.1, 0.15) is 213 Å². The summed E-state index contributed by atoms with van der Waals surface area (Å²) in [6.07, 6.45) is 37.4. The van der Waals surface area contributed by atoms with E-state index < -0.39 is 75.7 Å². The van der Waals surface area contributed by atoms with Crippen molar-refractivity contribution in [2.24, 2.45) is 0 Å². The van der Waals surface area contributed by atoms with Crippen LogP contribution >= 0.6 is 7.82 Å². The van der Waals surface area contributed by atoms with Gasteiger partial charge in [-0.2, -0.15) is 0 Å². The second-order valence-electron chi connectivity index (χ2n) is 18.0. The zero-order valence-corrected chi connectivity index (χ0v) is 41.9. The Bertz CT molecular complexity index is 1340. The summed E-state index contributed by atoms with van der Waals surface area (Å²) in [5, 5.41) is 50.3. The summed E-state index contributed by atoms with van der Waals surface area (Å²) in [4.78, 5) is 35.8. The van der Waals surface area contributed by atoms with Crippen LogP contribution in [0.15, 0.2) is 48.6 Å². The third-order valence-corrected chi connectivity index (χ3v) is 12.9. The highest BCUT2D eigenvalue weighted by Gasteiger charge is 2.51. The zero-order valence-electron chi connectivity index (χ0n) is 41.0. The van der Waals surface area contributed by atoms with Crippen molar-refractivity contribution < 1.29 is 63.1 Å². The van der Waals surface area contributed by atoms with Crippen LogP contribution < -0.4 is 0 Å². The van der Waals surface area contributed by atoms with E-state index in [2.05, 4.69) is 50.3 Å². The topological polar surface area (TPSA) is 210 Å². The van der Waals surface area contributed by atoms with Crippen LogP contribution in [0.3, 0.4) is 0 Å². The lowest BCUT2D eigenvalue weighted by molar-refractivity contribution is -0.220. The predicted molar refractivity (Wildman–Crippen MR) is 263 cm³/mol. The molecule has 1 fully saturated rings. The molecule has 0 aromatic carbocycles. The van der Waals surface area contributed by atoms with E-state index in [1.165, 1.54) is 116 Å². The number of hydrogen-bond donors (Lipinski definition) is 6. The molecule has 1 saturated carbocycles. The maximum Gasteiger partial charge on any atom is 0.472 e. The lowest BCUT2D eigenvalue weighted by Gasteiger charge is -2.41. The first-order valence-corrected chi connectivity index (χ1v) is 27.4. The fourth-order valence-corrected chi connectivity index (χ4v) is 8.72. The van der Waals surface area contributed by atoms with E-state index in [1.54, 1.807) is 0 Å². The number of ether oxygens (including phenoxy) is 2. The predicted octanol–water partition coefficient (Wildman–Crippen LogP) is 11.1. The molecule has 1 aliphatic rings. The summed E-state index contributed by atoms with van der Waals surface area (Å²) in [6, 6.07) is 0. The molecule has 0 spiro atoms. The summed E-state index contributed by atoms with van der Waals surface area (Å²) in [6.45, 7) is 3.25. The van der Waals surface area contributed by atoms with Gasteiger partial charge in [-0.1, -0.05) is 197 Å². The van der Waals surface area contributed by atoms with Gasteiger partial charge in [0.2, 0.25) is 0 Å². The fraction of sp³-hybridized carbons (Fsp3) is 0.808. The number of rotatable bonds is 43. The Morgan fingerprint density at radius 2 is 0.833 bits per heavy atom. The second kappa shape index (κ2) is 41.8. The molecule has 66 heavy (non-hydrogen) atoms. The quantitative estimate of drug-likeness (QED) is 0.0146. The summed E-state index contributed by atoms with van der Waals surface area (Å²) >= 11 is 0. The number of allylic oxidation sites excluding steroid dienone is 8. The molecular weight excluding hydrogens is 864 g/mol. The van der Waals surface area contributed by atoms with Crippen LogP contribution in [0.2, 0.25) is 0 Å². The first kappa shape index (κ1) is 61.8. The molecule has 0 saturated heterocycles. The van der Waals surface area contributed by atoms with Gasteiger partial charge in [0, 0.05) is 12.8 Å². The molecule has 14 heteroatoms.